The van der Waals surface area contributed by atoms with Crippen LogP contribution in [0.3, 0.4) is 0 Å². The Balaban J connectivity index is 1.61. The Labute approximate surface area is 263 Å². The molecular formula is C28H32F3N5O6S3. The monoisotopic (exact) mass is 687 g/mol. The van der Waals surface area contributed by atoms with Gasteiger partial charge >= 0.3 is 6.36 Å². The lowest BCUT2D eigenvalue weighted by Crippen LogP contribution is -2.60. The van der Waals surface area contributed by atoms with Crippen molar-refractivity contribution in [1.29, 1.82) is 0 Å². The third-order valence-corrected chi connectivity index (χ3v) is 11.9. The minimum Gasteiger partial charge on any atom is -0.406 e. The molecule has 4 rings (SSSR count). The number of carbonyl (C=O) groups is 1. The van der Waals surface area contributed by atoms with Crippen molar-refractivity contribution >= 4 is 42.4 Å². The molecule has 45 heavy (non-hydrogen) atoms. The Morgan fingerprint density at radius 2 is 1.73 bits per heavy atom. The van der Waals surface area contributed by atoms with Crippen LogP contribution in [0.25, 0.3) is 0 Å². The third kappa shape index (κ3) is 8.33. The van der Waals surface area contributed by atoms with E-state index in [9.17, 15) is 34.8 Å². The summed E-state index contributed by atoms with van der Waals surface area (Å²) < 4.78 is 97.5. The highest BCUT2D eigenvalue weighted by atomic mass is 32.2. The zero-order valence-corrected chi connectivity index (χ0v) is 26.8. The molecule has 17 heteroatoms. The zero-order chi connectivity index (χ0) is 33.0. The third-order valence-electron chi connectivity index (χ3n) is 6.82. The van der Waals surface area contributed by atoms with Gasteiger partial charge in [-0.2, -0.15) is 4.31 Å². The number of thiazole rings is 1. The van der Waals surface area contributed by atoms with Crippen molar-refractivity contribution in [2.75, 3.05) is 24.5 Å². The van der Waals surface area contributed by atoms with E-state index >= 15 is 0 Å². The van der Waals surface area contributed by atoms with E-state index in [0.717, 1.165) is 70.1 Å². The van der Waals surface area contributed by atoms with Crippen molar-refractivity contribution in [2.45, 2.75) is 54.7 Å². The number of hydrogen-bond acceptors (Lipinski definition) is 9. The van der Waals surface area contributed by atoms with Crippen LogP contribution in [0.2, 0.25) is 0 Å². The fourth-order valence-corrected chi connectivity index (χ4v) is 8.70. The first-order valence-electron chi connectivity index (χ1n) is 13.7. The molecule has 0 saturated carbocycles. The summed E-state index contributed by atoms with van der Waals surface area (Å²) in [6.07, 6.45) is -2.04. The van der Waals surface area contributed by atoms with Gasteiger partial charge in [-0.15, -0.1) is 13.2 Å². The highest BCUT2D eigenvalue weighted by molar-refractivity contribution is 7.91. The van der Waals surface area contributed by atoms with E-state index in [0.29, 0.717) is 0 Å². The van der Waals surface area contributed by atoms with Crippen LogP contribution in [0.4, 0.5) is 18.3 Å². The summed E-state index contributed by atoms with van der Waals surface area (Å²) in [4.78, 5) is 19.3. The van der Waals surface area contributed by atoms with E-state index in [4.69, 9.17) is 0 Å². The van der Waals surface area contributed by atoms with Gasteiger partial charge in [-0.3, -0.25) is 9.52 Å². The number of piperazine rings is 1. The van der Waals surface area contributed by atoms with Crippen molar-refractivity contribution in [2.24, 2.45) is 0 Å². The molecule has 1 fully saturated rings. The predicted octanol–water partition coefficient (Wildman–Crippen LogP) is 3.92. The summed E-state index contributed by atoms with van der Waals surface area (Å²) in [5, 5.41) is 3.06. The summed E-state index contributed by atoms with van der Waals surface area (Å²) in [6, 6.07) is 10.1. The maximum atomic E-state index is 13.7. The lowest BCUT2D eigenvalue weighted by Gasteiger charge is -2.39. The fraction of sp³-hybridized carbons (Fsp3) is 0.357. The predicted molar refractivity (Wildman–Crippen MR) is 163 cm³/mol. The number of aromatic nitrogens is 1. The van der Waals surface area contributed by atoms with Gasteiger partial charge in [0.05, 0.1) is 10.6 Å². The maximum Gasteiger partial charge on any atom is 0.573 e. The molecule has 2 N–H and O–H groups in total. The minimum atomic E-state index is -4.95. The Hall–Kier alpha value is -3.67. The van der Waals surface area contributed by atoms with Gasteiger partial charge in [-0.25, -0.2) is 21.8 Å². The number of nitrogens with zero attached hydrogens (tertiary/aromatic N) is 3. The molecular weight excluding hydrogens is 656 g/mol. The second-order valence-corrected chi connectivity index (χ2v) is 14.9. The molecule has 1 aliphatic heterocycles. The molecule has 1 atom stereocenters. The minimum absolute atomic E-state index is 0.0541. The Morgan fingerprint density at radius 1 is 1.09 bits per heavy atom. The Morgan fingerprint density at radius 3 is 2.33 bits per heavy atom. The van der Waals surface area contributed by atoms with Gasteiger partial charge < -0.3 is 15.0 Å². The van der Waals surface area contributed by atoms with Gasteiger partial charge in [-0.1, -0.05) is 55.5 Å². The van der Waals surface area contributed by atoms with Crippen molar-refractivity contribution < 1.29 is 39.5 Å². The number of hydrogen-bond donors (Lipinski definition) is 2. The van der Waals surface area contributed by atoms with Gasteiger partial charge in [0.15, 0.2) is 9.34 Å². The number of halogens is 3. The number of sulfonamides is 2. The number of nitrogens with one attached hydrogen (secondary N) is 2. The average molecular weight is 688 g/mol. The molecule has 1 saturated heterocycles. The van der Waals surface area contributed by atoms with Gasteiger partial charge in [0.1, 0.15) is 11.8 Å². The van der Waals surface area contributed by atoms with E-state index in [1.54, 1.807) is 4.90 Å². The van der Waals surface area contributed by atoms with Crippen LogP contribution >= 0.6 is 11.3 Å². The van der Waals surface area contributed by atoms with Crippen LogP contribution < -0.4 is 19.7 Å². The molecule has 11 nitrogen and oxygen atoms in total. The summed E-state index contributed by atoms with van der Waals surface area (Å²) >= 11 is 0.864. The SMILES string of the molecule is C=CNS(=O)(=O)c1sc(N2CCN(S(=O)(=O)c3ccc(OC(F)(F)F)cc3)[C@@H](C(=O)NCc3ccc(CCC)cc3)C2)nc1C. The standard InChI is InChI=1S/C28H32F3N5O6S3/c1-4-6-20-7-9-21(10-8-20)17-32-25(37)24-18-35(27-34-19(3)26(43-27)44(38,39)33-5-2)15-16-36(24)45(40,41)23-13-11-22(12-14-23)42-28(29,30)31/h5,7-14,24,33H,2,4,6,15-18H2,1,3H3,(H,32,37)/t24-/m1/s1. The highest BCUT2D eigenvalue weighted by Gasteiger charge is 2.41. The first-order valence-corrected chi connectivity index (χ1v) is 17.5. The van der Waals surface area contributed by atoms with Gasteiger partial charge in [0, 0.05) is 32.4 Å². The van der Waals surface area contributed by atoms with Crippen LogP contribution in [0.15, 0.2) is 70.4 Å². The second-order valence-electron chi connectivity index (χ2n) is 10.1. The Bertz CT molecular complexity index is 1730. The summed E-state index contributed by atoms with van der Waals surface area (Å²) in [5.74, 6) is -1.21. The number of ether oxygens (including phenoxy) is 1. The molecule has 1 amide bonds. The number of rotatable bonds is 12. The molecule has 0 radical (unpaired) electrons. The van der Waals surface area contributed by atoms with Crippen LogP contribution in [0, 0.1) is 6.92 Å². The van der Waals surface area contributed by atoms with E-state index in [1.807, 2.05) is 24.3 Å². The molecule has 2 aromatic carbocycles. The number of benzene rings is 2. The number of carbonyl (C=O) groups excluding carboxylic acids is 1. The second kappa shape index (κ2) is 13.8. The molecule has 244 valence electrons. The highest BCUT2D eigenvalue weighted by Crippen LogP contribution is 2.33. The number of alkyl halides is 3. The molecule has 3 aromatic rings. The fourth-order valence-electron chi connectivity index (χ4n) is 4.73. The average Bonchev–Trinajstić information content (AvgIpc) is 3.38. The quantitative estimate of drug-likeness (QED) is 0.293. The van der Waals surface area contributed by atoms with E-state index in [2.05, 4.69) is 33.3 Å². The summed E-state index contributed by atoms with van der Waals surface area (Å²) in [6.45, 7) is 6.76. The first kappa shape index (κ1) is 34.2. The largest absolute Gasteiger partial charge is 0.573 e. The number of anilines is 1. The zero-order valence-electron chi connectivity index (χ0n) is 24.4. The molecule has 0 unspecified atom stereocenters. The molecule has 2 heterocycles. The van der Waals surface area contributed by atoms with Crippen molar-refractivity contribution in [1.82, 2.24) is 19.3 Å². The van der Waals surface area contributed by atoms with Gasteiger partial charge in [-0.05, 0) is 48.7 Å². The maximum absolute atomic E-state index is 13.7. The van der Waals surface area contributed by atoms with Crippen LogP contribution in [-0.4, -0.2) is 64.1 Å². The van der Waals surface area contributed by atoms with Crippen LogP contribution in [0.1, 0.15) is 30.2 Å². The summed E-state index contributed by atoms with van der Waals surface area (Å²) in [5.41, 5.74) is 2.15. The van der Waals surface area contributed by atoms with Crippen molar-refractivity contribution in [3.05, 3.63) is 78.1 Å². The molecule has 0 bridgehead atoms. The van der Waals surface area contributed by atoms with Crippen LogP contribution in [-0.2, 0) is 37.8 Å². The lowest BCUT2D eigenvalue weighted by molar-refractivity contribution is -0.274. The topological polar surface area (TPSA) is 138 Å². The van der Waals surface area contributed by atoms with Gasteiger partial charge in [0.25, 0.3) is 10.0 Å². The van der Waals surface area contributed by atoms with Crippen molar-refractivity contribution in [3.8, 4) is 5.75 Å². The molecule has 1 aromatic heterocycles. The smallest absolute Gasteiger partial charge is 0.406 e. The first-order chi connectivity index (χ1) is 21.1. The van der Waals surface area contributed by atoms with Crippen LogP contribution in [0.5, 0.6) is 5.75 Å². The van der Waals surface area contributed by atoms with E-state index < -0.39 is 44.1 Å². The normalized spacial score (nSPS) is 16.3. The van der Waals surface area contributed by atoms with Crippen molar-refractivity contribution in [3.63, 3.8) is 0 Å². The molecule has 1 aliphatic rings. The lowest BCUT2D eigenvalue weighted by atomic mass is 10.1. The van der Waals surface area contributed by atoms with E-state index in [1.165, 1.54) is 6.92 Å². The number of amides is 1. The van der Waals surface area contributed by atoms with E-state index in [-0.39, 0.29) is 46.1 Å². The molecule has 0 aliphatic carbocycles. The number of aryl methyl sites for hydroxylation is 2. The molecule has 0 spiro atoms. The van der Waals surface area contributed by atoms with Gasteiger partial charge in [0.2, 0.25) is 15.9 Å². The summed E-state index contributed by atoms with van der Waals surface area (Å²) in [7, 11) is -8.30. The Kier molecular flexibility index (Phi) is 10.5.